The Morgan fingerprint density at radius 2 is 2.06 bits per heavy atom. The number of nitriles is 1. The summed E-state index contributed by atoms with van der Waals surface area (Å²) in [6.45, 7) is 8.37. The van der Waals surface area contributed by atoms with Crippen LogP contribution in [0.3, 0.4) is 0 Å². The zero-order valence-corrected chi connectivity index (χ0v) is 11.7. The van der Waals surface area contributed by atoms with Crippen molar-refractivity contribution in [3.8, 4) is 6.07 Å². The van der Waals surface area contributed by atoms with Gasteiger partial charge in [-0.25, -0.2) is 0 Å². The molecule has 0 saturated heterocycles. The third kappa shape index (κ3) is 3.41. The van der Waals surface area contributed by atoms with Crippen molar-refractivity contribution in [3.05, 3.63) is 23.8 Å². The van der Waals surface area contributed by atoms with E-state index in [0.717, 1.165) is 41.4 Å². The van der Waals surface area contributed by atoms with Crippen LogP contribution >= 0.6 is 11.8 Å². The fourth-order valence-electron chi connectivity index (χ4n) is 1.89. The van der Waals surface area contributed by atoms with Gasteiger partial charge < -0.3 is 4.90 Å². The highest BCUT2D eigenvalue weighted by molar-refractivity contribution is 7.99. The highest BCUT2D eigenvalue weighted by Gasteiger charge is 2.12. The van der Waals surface area contributed by atoms with E-state index in [4.69, 9.17) is 0 Å². The van der Waals surface area contributed by atoms with Gasteiger partial charge in [0.2, 0.25) is 0 Å². The summed E-state index contributed by atoms with van der Waals surface area (Å²) in [6, 6.07) is 8.50. The second-order valence-corrected chi connectivity index (χ2v) is 5.08. The molecule has 0 aliphatic carbocycles. The van der Waals surface area contributed by atoms with Crippen molar-refractivity contribution in [3.63, 3.8) is 0 Å². The minimum atomic E-state index is 0.828. The van der Waals surface area contributed by atoms with Gasteiger partial charge in [0.15, 0.2) is 0 Å². The molecule has 3 heteroatoms. The lowest BCUT2D eigenvalue weighted by Crippen LogP contribution is -2.24. The molecule has 17 heavy (non-hydrogen) atoms. The first-order chi connectivity index (χ1) is 8.28. The normalized spacial score (nSPS) is 10.0. The molecule has 1 rings (SSSR count). The van der Waals surface area contributed by atoms with Gasteiger partial charge in [-0.15, -0.1) is 11.8 Å². The molecule has 0 aliphatic rings. The van der Waals surface area contributed by atoms with Crippen LogP contribution in [0.15, 0.2) is 23.1 Å². The number of anilines is 1. The third-order valence-electron chi connectivity index (χ3n) is 2.63. The molecule has 0 atom stereocenters. The van der Waals surface area contributed by atoms with Crippen molar-refractivity contribution in [1.82, 2.24) is 0 Å². The Hall–Kier alpha value is -1.14. The summed E-state index contributed by atoms with van der Waals surface area (Å²) in [5, 5.41) is 9.35. The summed E-state index contributed by atoms with van der Waals surface area (Å²) < 4.78 is 0. The first-order valence-corrected chi connectivity index (χ1v) is 7.17. The molecule has 1 aromatic rings. The molecule has 0 saturated carbocycles. The van der Waals surface area contributed by atoms with Crippen LogP contribution in [0.2, 0.25) is 0 Å². The molecule has 2 nitrogen and oxygen atoms in total. The molecule has 0 amide bonds. The topological polar surface area (TPSA) is 27.0 Å². The molecule has 0 bridgehead atoms. The molecular formula is C14H20N2S. The van der Waals surface area contributed by atoms with E-state index in [2.05, 4.69) is 37.8 Å². The fraction of sp³-hybridized carbons (Fsp3) is 0.500. The van der Waals surface area contributed by atoms with Gasteiger partial charge in [-0.2, -0.15) is 5.26 Å². The second-order valence-electron chi connectivity index (χ2n) is 3.77. The predicted octanol–water partition coefficient (Wildman–Crippen LogP) is 3.91. The quantitative estimate of drug-likeness (QED) is 0.714. The SMILES string of the molecule is CCCN(CC)c1cccc(SCC)c1C#N. The standard InChI is InChI=1S/C14H20N2S/c1-4-10-16(5-2)13-8-7-9-14(17-6-3)12(13)11-15/h7-9H,4-6,10H2,1-3H3. The number of benzene rings is 1. The van der Waals surface area contributed by atoms with Gasteiger partial charge in [0.05, 0.1) is 11.3 Å². The lowest BCUT2D eigenvalue weighted by molar-refractivity contribution is 0.789. The highest BCUT2D eigenvalue weighted by Crippen LogP contribution is 2.30. The Bertz CT molecular complexity index is 396. The average molecular weight is 248 g/mol. The Labute approximate surface area is 109 Å². The Morgan fingerprint density at radius 1 is 1.29 bits per heavy atom. The van der Waals surface area contributed by atoms with E-state index < -0.39 is 0 Å². The molecule has 0 unspecified atom stereocenters. The number of nitrogens with zero attached hydrogens (tertiary/aromatic N) is 2. The van der Waals surface area contributed by atoms with Crippen LogP contribution in [0.1, 0.15) is 32.8 Å². The van der Waals surface area contributed by atoms with Gasteiger partial charge in [-0.1, -0.05) is 19.9 Å². The molecule has 0 radical (unpaired) electrons. The number of hydrogen-bond donors (Lipinski definition) is 0. The van der Waals surface area contributed by atoms with Gasteiger partial charge in [-0.05, 0) is 31.2 Å². The summed E-state index contributed by atoms with van der Waals surface area (Å²) in [7, 11) is 0. The maximum absolute atomic E-state index is 9.35. The largest absolute Gasteiger partial charge is 0.371 e. The highest BCUT2D eigenvalue weighted by atomic mass is 32.2. The van der Waals surface area contributed by atoms with Crippen LogP contribution in [-0.4, -0.2) is 18.8 Å². The summed E-state index contributed by atoms with van der Waals surface area (Å²) in [6.07, 6.45) is 1.10. The maximum atomic E-state index is 9.35. The lowest BCUT2D eigenvalue weighted by atomic mass is 10.1. The number of hydrogen-bond acceptors (Lipinski definition) is 3. The van der Waals surface area contributed by atoms with Crippen LogP contribution in [0.25, 0.3) is 0 Å². The molecule has 0 aliphatic heterocycles. The Balaban J connectivity index is 3.14. The summed E-state index contributed by atoms with van der Waals surface area (Å²) in [4.78, 5) is 3.38. The number of rotatable bonds is 6. The van der Waals surface area contributed by atoms with Crippen LogP contribution in [0.4, 0.5) is 5.69 Å². The van der Waals surface area contributed by atoms with Gasteiger partial charge in [-0.3, -0.25) is 0 Å². The summed E-state index contributed by atoms with van der Waals surface area (Å²) in [5.74, 6) is 0.998. The van der Waals surface area contributed by atoms with Gasteiger partial charge in [0.1, 0.15) is 6.07 Å². The molecule has 92 valence electrons. The van der Waals surface area contributed by atoms with Crippen LogP contribution in [0.5, 0.6) is 0 Å². The monoisotopic (exact) mass is 248 g/mol. The van der Waals surface area contributed by atoms with E-state index in [1.165, 1.54) is 0 Å². The Morgan fingerprint density at radius 3 is 2.59 bits per heavy atom. The first kappa shape index (κ1) is 13.9. The molecular weight excluding hydrogens is 228 g/mol. The number of thioether (sulfide) groups is 1. The predicted molar refractivity (Wildman–Crippen MR) is 75.7 cm³/mol. The second kappa shape index (κ2) is 7.24. The summed E-state index contributed by atoms with van der Waals surface area (Å²) >= 11 is 1.74. The van der Waals surface area contributed by atoms with E-state index in [1.54, 1.807) is 11.8 Å². The first-order valence-electron chi connectivity index (χ1n) is 6.19. The fourth-order valence-corrected chi connectivity index (χ4v) is 2.67. The molecule has 0 N–H and O–H groups in total. The van der Waals surface area contributed by atoms with Crippen LogP contribution < -0.4 is 4.90 Å². The van der Waals surface area contributed by atoms with Crippen molar-refractivity contribution >= 4 is 17.4 Å². The maximum Gasteiger partial charge on any atom is 0.103 e. The van der Waals surface area contributed by atoms with Crippen LogP contribution in [0, 0.1) is 11.3 Å². The van der Waals surface area contributed by atoms with E-state index in [9.17, 15) is 5.26 Å². The molecule has 1 aromatic carbocycles. The lowest BCUT2D eigenvalue weighted by Gasteiger charge is -2.24. The van der Waals surface area contributed by atoms with Crippen molar-refractivity contribution in [2.75, 3.05) is 23.7 Å². The van der Waals surface area contributed by atoms with Crippen LogP contribution in [-0.2, 0) is 0 Å². The van der Waals surface area contributed by atoms with E-state index in [1.807, 2.05) is 12.1 Å². The van der Waals surface area contributed by atoms with Crippen molar-refractivity contribution in [2.24, 2.45) is 0 Å². The van der Waals surface area contributed by atoms with E-state index >= 15 is 0 Å². The molecule has 0 heterocycles. The van der Waals surface area contributed by atoms with Crippen molar-refractivity contribution in [2.45, 2.75) is 32.1 Å². The van der Waals surface area contributed by atoms with Gasteiger partial charge in [0.25, 0.3) is 0 Å². The zero-order chi connectivity index (χ0) is 12.7. The minimum absolute atomic E-state index is 0.828. The average Bonchev–Trinajstić information content (AvgIpc) is 2.36. The smallest absolute Gasteiger partial charge is 0.103 e. The molecule has 0 spiro atoms. The molecule has 0 aromatic heterocycles. The summed E-state index contributed by atoms with van der Waals surface area (Å²) in [5.41, 5.74) is 1.91. The van der Waals surface area contributed by atoms with Gasteiger partial charge in [0, 0.05) is 18.0 Å². The van der Waals surface area contributed by atoms with E-state index in [0.29, 0.717) is 0 Å². The van der Waals surface area contributed by atoms with Gasteiger partial charge >= 0.3 is 0 Å². The zero-order valence-electron chi connectivity index (χ0n) is 10.9. The Kier molecular flexibility index (Phi) is 5.93. The third-order valence-corrected chi connectivity index (χ3v) is 3.57. The van der Waals surface area contributed by atoms with E-state index in [-0.39, 0.29) is 0 Å². The van der Waals surface area contributed by atoms with Crippen molar-refractivity contribution < 1.29 is 0 Å². The minimum Gasteiger partial charge on any atom is -0.371 e. The molecule has 0 fully saturated rings. The van der Waals surface area contributed by atoms with Crippen molar-refractivity contribution in [1.29, 1.82) is 5.26 Å².